The molecular weight excluding hydrogens is 212 g/mol. The Morgan fingerprint density at radius 3 is 2.00 bits per heavy atom. The Hall–Kier alpha value is -0.0900. The van der Waals surface area contributed by atoms with E-state index in [4.69, 9.17) is 5.11 Å². The van der Waals surface area contributed by atoms with Crippen molar-refractivity contribution < 1.29 is 14.6 Å². The lowest BCUT2D eigenvalue weighted by Gasteiger charge is -2.12. The molecule has 0 amide bonds. The second kappa shape index (κ2) is 6.61. The highest BCUT2D eigenvalue weighted by atomic mass is 79.9. The molecule has 0 spiro atoms. The van der Waals surface area contributed by atoms with E-state index in [1.165, 1.54) is 0 Å². The third kappa shape index (κ3) is 7.81. The van der Waals surface area contributed by atoms with Crippen LogP contribution in [0.1, 0.15) is 28.7 Å². The molecule has 0 aromatic heterocycles. The molecule has 11 heavy (non-hydrogen) atoms. The zero-order valence-corrected chi connectivity index (χ0v) is 6.93. The molecule has 0 heterocycles. The number of aliphatic hydroxyl groups is 1. The first-order valence-corrected chi connectivity index (χ1v) is 3.25. The van der Waals surface area contributed by atoms with Crippen molar-refractivity contribution >= 4 is 21.9 Å². The van der Waals surface area contributed by atoms with E-state index in [0.717, 1.165) is 0 Å². The third-order valence-corrected chi connectivity index (χ3v) is 1.00. The van der Waals surface area contributed by atoms with Crippen molar-refractivity contribution in [1.82, 2.24) is 0 Å². The SMILES string of the molecule is C.C.CC(C)(Br)C(=O)OCO. The van der Waals surface area contributed by atoms with E-state index in [0.29, 0.717) is 0 Å². The third-order valence-electron chi connectivity index (χ3n) is 0.681. The first-order valence-electron chi connectivity index (χ1n) is 2.45. The largest absolute Gasteiger partial charge is 0.438 e. The molecule has 0 saturated heterocycles. The standard InChI is InChI=1S/C5H9BrO3.2CH4/c1-5(2,6)4(8)9-3-7;;/h7H,3H2,1-2H3;2*1H4. The zero-order chi connectivity index (χ0) is 7.49. The first-order chi connectivity index (χ1) is 3.98. The molecule has 0 unspecified atom stereocenters. The molecule has 1 N–H and O–H groups in total. The molecule has 0 aliphatic heterocycles. The summed E-state index contributed by atoms with van der Waals surface area (Å²) in [7, 11) is 0. The Labute approximate surface area is 76.9 Å². The van der Waals surface area contributed by atoms with Crippen LogP contribution in [-0.2, 0) is 9.53 Å². The van der Waals surface area contributed by atoms with Crippen molar-refractivity contribution in [3.63, 3.8) is 0 Å². The highest BCUT2D eigenvalue weighted by molar-refractivity contribution is 9.10. The highest BCUT2D eigenvalue weighted by Crippen LogP contribution is 2.16. The number of ether oxygens (including phenoxy) is 1. The van der Waals surface area contributed by atoms with Crippen LogP contribution in [0.5, 0.6) is 0 Å². The normalized spacial score (nSPS) is 9.09. The van der Waals surface area contributed by atoms with Gasteiger partial charge in [0, 0.05) is 0 Å². The van der Waals surface area contributed by atoms with Crippen molar-refractivity contribution in [2.45, 2.75) is 33.0 Å². The minimum Gasteiger partial charge on any atom is -0.438 e. The first kappa shape index (κ1) is 17.1. The second-order valence-electron chi connectivity index (χ2n) is 2.03. The van der Waals surface area contributed by atoms with Crippen LogP contribution in [0.3, 0.4) is 0 Å². The summed E-state index contributed by atoms with van der Waals surface area (Å²) in [6.07, 6.45) is 0. The predicted molar refractivity (Wildman–Crippen MR) is 49.6 cm³/mol. The molecule has 0 atom stereocenters. The van der Waals surface area contributed by atoms with Crippen molar-refractivity contribution in [2.24, 2.45) is 0 Å². The van der Waals surface area contributed by atoms with Gasteiger partial charge in [-0.25, -0.2) is 0 Å². The maximum atomic E-state index is 10.6. The van der Waals surface area contributed by atoms with E-state index in [1.54, 1.807) is 13.8 Å². The second-order valence-corrected chi connectivity index (χ2v) is 4.02. The van der Waals surface area contributed by atoms with Gasteiger partial charge < -0.3 is 9.84 Å². The summed E-state index contributed by atoms with van der Waals surface area (Å²) in [4.78, 5) is 10.6. The van der Waals surface area contributed by atoms with Gasteiger partial charge in [0.05, 0.1) is 0 Å². The Balaban J connectivity index is -0.000000320. The maximum absolute atomic E-state index is 10.6. The summed E-state index contributed by atoms with van der Waals surface area (Å²) in [5, 5.41) is 8.14. The molecule has 3 nitrogen and oxygen atoms in total. The van der Waals surface area contributed by atoms with Gasteiger partial charge in [-0.05, 0) is 13.8 Å². The number of carbonyl (C=O) groups excluding carboxylic acids is 1. The summed E-state index contributed by atoms with van der Waals surface area (Å²) in [6.45, 7) is 2.73. The van der Waals surface area contributed by atoms with Crippen molar-refractivity contribution in [3.8, 4) is 0 Å². The van der Waals surface area contributed by atoms with Crippen LogP contribution in [0, 0.1) is 0 Å². The van der Waals surface area contributed by atoms with E-state index in [9.17, 15) is 4.79 Å². The number of esters is 1. The Bertz CT molecular complexity index is 107. The van der Waals surface area contributed by atoms with Gasteiger partial charge in [-0.3, -0.25) is 4.79 Å². The average Bonchev–Trinajstić information content (AvgIpc) is 1.64. The number of carbonyl (C=O) groups is 1. The lowest BCUT2D eigenvalue weighted by Crippen LogP contribution is -2.26. The molecule has 0 bridgehead atoms. The molecule has 0 aromatic rings. The molecule has 4 heteroatoms. The van der Waals surface area contributed by atoms with Gasteiger partial charge in [-0.15, -0.1) is 0 Å². The van der Waals surface area contributed by atoms with Crippen LogP contribution in [0.2, 0.25) is 0 Å². The van der Waals surface area contributed by atoms with Crippen LogP contribution < -0.4 is 0 Å². The predicted octanol–water partition coefficient (Wildman–Crippen LogP) is 1.93. The van der Waals surface area contributed by atoms with Gasteiger partial charge in [-0.1, -0.05) is 30.8 Å². The Kier molecular flexibility index (Phi) is 10.3. The quantitative estimate of drug-likeness (QED) is 0.447. The van der Waals surface area contributed by atoms with Gasteiger partial charge in [0.25, 0.3) is 0 Å². The van der Waals surface area contributed by atoms with E-state index in [1.807, 2.05) is 0 Å². The number of aliphatic hydroxyl groups excluding tert-OH is 1. The minimum atomic E-state index is -0.699. The number of hydrogen-bond donors (Lipinski definition) is 1. The molecule has 0 aliphatic carbocycles. The lowest BCUT2D eigenvalue weighted by atomic mass is 10.2. The fourth-order valence-electron chi connectivity index (χ4n) is 0.230. The van der Waals surface area contributed by atoms with Crippen molar-refractivity contribution in [3.05, 3.63) is 0 Å². The molecule has 0 radical (unpaired) electrons. The Morgan fingerprint density at radius 1 is 1.55 bits per heavy atom. The topological polar surface area (TPSA) is 46.5 Å². The summed E-state index contributed by atoms with van der Waals surface area (Å²) >= 11 is 3.06. The van der Waals surface area contributed by atoms with Crippen molar-refractivity contribution in [1.29, 1.82) is 0 Å². The van der Waals surface area contributed by atoms with Crippen LogP contribution in [0.25, 0.3) is 0 Å². The fraction of sp³-hybridized carbons (Fsp3) is 0.857. The summed E-state index contributed by atoms with van der Waals surface area (Å²) in [6, 6.07) is 0. The maximum Gasteiger partial charge on any atom is 0.324 e. The molecule has 70 valence electrons. The average molecular weight is 229 g/mol. The van der Waals surface area contributed by atoms with Crippen LogP contribution in [-0.4, -0.2) is 22.2 Å². The molecule has 0 saturated carbocycles. The van der Waals surface area contributed by atoms with Crippen LogP contribution in [0.15, 0.2) is 0 Å². The monoisotopic (exact) mass is 228 g/mol. The van der Waals surface area contributed by atoms with E-state index >= 15 is 0 Å². The lowest BCUT2D eigenvalue weighted by molar-refractivity contribution is -0.153. The smallest absolute Gasteiger partial charge is 0.324 e. The van der Waals surface area contributed by atoms with Crippen LogP contribution >= 0.6 is 15.9 Å². The molecule has 0 aromatic carbocycles. The van der Waals surface area contributed by atoms with Crippen molar-refractivity contribution in [2.75, 3.05) is 6.79 Å². The fourth-order valence-corrected chi connectivity index (χ4v) is 0.345. The van der Waals surface area contributed by atoms with Gasteiger partial charge in [0.2, 0.25) is 0 Å². The number of halogens is 1. The Morgan fingerprint density at radius 2 is 1.91 bits per heavy atom. The number of rotatable bonds is 2. The molecule has 0 fully saturated rings. The number of hydrogen-bond acceptors (Lipinski definition) is 3. The van der Waals surface area contributed by atoms with Crippen LogP contribution in [0.4, 0.5) is 0 Å². The summed E-state index contributed by atoms with van der Waals surface area (Å²) in [5.41, 5.74) is 0. The van der Waals surface area contributed by atoms with E-state index < -0.39 is 17.1 Å². The molecule has 0 rings (SSSR count). The summed E-state index contributed by atoms with van der Waals surface area (Å²) < 4.78 is 3.58. The highest BCUT2D eigenvalue weighted by Gasteiger charge is 2.24. The van der Waals surface area contributed by atoms with Gasteiger partial charge in [0.1, 0.15) is 4.32 Å². The van der Waals surface area contributed by atoms with E-state index in [-0.39, 0.29) is 14.9 Å². The minimum absolute atomic E-state index is 0. The van der Waals surface area contributed by atoms with Gasteiger partial charge in [0.15, 0.2) is 6.79 Å². The number of alkyl halides is 1. The zero-order valence-electron chi connectivity index (χ0n) is 5.35. The van der Waals surface area contributed by atoms with E-state index in [2.05, 4.69) is 20.7 Å². The van der Waals surface area contributed by atoms with Gasteiger partial charge >= 0.3 is 5.97 Å². The summed E-state index contributed by atoms with van der Waals surface area (Å²) in [5.74, 6) is -0.468. The molecular formula is C7H17BrO3. The molecule has 0 aliphatic rings. The van der Waals surface area contributed by atoms with Gasteiger partial charge in [-0.2, -0.15) is 0 Å².